The van der Waals surface area contributed by atoms with Crippen LogP contribution in [0, 0.1) is 11.3 Å². The Kier molecular flexibility index (Phi) is 8.16. The van der Waals surface area contributed by atoms with E-state index >= 15 is 0 Å². The Morgan fingerprint density at radius 2 is 1.60 bits per heavy atom. The molecule has 8 nitrogen and oxygen atoms in total. The van der Waals surface area contributed by atoms with E-state index in [-0.39, 0.29) is 28.8 Å². The van der Waals surface area contributed by atoms with Crippen molar-refractivity contribution in [3.05, 3.63) is 82.8 Å². The van der Waals surface area contributed by atoms with Crippen molar-refractivity contribution in [2.45, 2.75) is 38.7 Å². The summed E-state index contributed by atoms with van der Waals surface area (Å²) in [4.78, 5) is 27.5. The average Bonchev–Trinajstić information content (AvgIpc) is 2.90. The lowest BCUT2D eigenvalue weighted by Crippen LogP contribution is -2.40. The van der Waals surface area contributed by atoms with Gasteiger partial charge in [-0.15, -0.1) is 0 Å². The zero-order valence-corrected chi connectivity index (χ0v) is 20.3. The smallest absolute Gasteiger partial charge is 0.355 e. The van der Waals surface area contributed by atoms with Crippen molar-refractivity contribution in [1.29, 1.82) is 5.26 Å². The average molecular weight is 476 g/mol. The molecular formula is C27H29N3O5. The summed E-state index contributed by atoms with van der Waals surface area (Å²) in [5.41, 5.74) is 7.54. The van der Waals surface area contributed by atoms with Crippen LogP contribution in [0.5, 0.6) is 5.75 Å². The van der Waals surface area contributed by atoms with Gasteiger partial charge >= 0.3 is 11.9 Å². The molecule has 1 heterocycles. The molecule has 182 valence electrons. The van der Waals surface area contributed by atoms with Gasteiger partial charge in [0.05, 0.1) is 43.5 Å². The number of rotatable bonds is 8. The number of nitrogens with two attached hydrogens (primary N) is 1. The quantitative estimate of drug-likeness (QED) is 0.566. The zero-order chi connectivity index (χ0) is 25.5. The van der Waals surface area contributed by atoms with Crippen LogP contribution in [-0.2, 0) is 19.1 Å². The van der Waals surface area contributed by atoms with Gasteiger partial charge in [-0.25, -0.2) is 9.59 Å². The molecule has 0 aromatic heterocycles. The highest BCUT2D eigenvalue weighted by Crippen LogP contribution is 2.43. The highest BCUT2D eigenvalue weighted by atomic mass is 16.5. The third-order valence-electron chi connectivity index (χ3n) is 5.92. The Hall–Kier alpha value is -4.25. The standard InChI is InChI=1S/C27H29N3O5/c1-5-19(6-2)35-20-14-12-18(13-15-20)30-24(27(32)34-4)23(26(31)33-3)22(21(16-28)25(30)29)17-10-8-7-9-11-17/h7-15,19,22H,5-6,29H2,1-4H3. The van der Waals surface area contributed by atoms with Gasteiger partial charge in [0.25, 0.3) is 0 Å². The summed E-state index contributed by atoms with van der Waals surface area (Å²) in [7, 11) is 2.43. The van der Waals surface area contributed by atoms with Crippen molar-refractivity contribution in [3.8, 4) is 11.8 Å². The maximum Gasteiger partial charge on any atom is 0.355 e. The van der Waals surface area contributed by atoms with E-state index in [0.29, 0.717) is 17.0 Å². The van der Waals surface area contributed by atoms with Gasteiger partial charge < -0.3 is 19.9 Å². The molecule has 2 aromatic carbocycles. The Labute approximate surface area is 205 Å². The predicted octanol–water partition coefficient (Wildman–Crippen LogP) is 4.15. The van der Waals surface area contributed by atoms with E-state index < -0.39 is 17.9 Å². The number of hydrogen-bond donors (Lipinski definition) is 1. The van der Waals surface area contributed by atoms with E-state index in [1.54, 1.807) is 48.5 Å². The number of nitriles is 1. The largest absolute Gasteiger partial charge is 0.490 e. The fraction of sp³-hybridized carbons (Fsp3) is 0.296. The van der Waals surface area contributed by atoms with E-state index in [1.165, 1.54) is 19.1 Å². The first-order valence-electron chi connectivity index (χ1n) is 11.3. The van der Waals surface area contributed by atoms with E-state index in [1.807, 2.05) is 6.07 Å². The van der Waals surface area contributed by atoms with Crippen LogP contribution in [0.25, 0.3) is 0 Å². The van der Waals surface area contributed by atoms with Crippen molar-refractivity contribution >= 4 is 17.6 Å². The van der Waals surface area contributed by atoms with Crippen LogP contribution in [0.15, 0.2) is 77.3 Å². The summed E-state index contributed by atoms with van der Waals surface area (Å²) < 4.78 is 16.1. The minimum absolute atomic E-state index is 0.0167. The number of benzene rings is 2. The second kappa shape index (κ2) is 11.3. The molecule has 2 aromatic rings. The third-order valence-corrected chi connectivity index (χ3v) is 5.92. The first-order valence-corrected chi connectivity index (χ1v) is 11.3. The van der Waals surface area contributed by atoms with E-state index in [2.05, 4.69) is 19.9 Å². The van der Waals surface area contributed by atoms with Gasteiger partial charge in [0, 0.05) is 5.69 Å². The molecule has 0 radical (unpaired) electrons. The van der Waals surface area contributed by atoms with Crippen molar-refractivity contribution in [1.82, 2.24) is 0 Å². The number of methoxy groups -OCH3 is 2. The Morgan fingerprint density at radius 3 is 2.11 bits per heavy atom. The van der Waals surface area contributed by atoms with Crippen molar-refractivity contribution in [2.75, 3.05) is 19.1 Å². The minimum Gasteiger partial charge on any atom is -0.490 e. The SMILES string of the molecule is CCC(CC)Oc1ccc(N2C(N)=C(C#N)C(c3ccccc3)C(C(=O)OC)=C2C(=O)OC)cc1. The second-order valence-corrected chi connectivity index (χ2v) is 7.89. The summed E-state index contributed by atoms with van der Waals surface area (Å²) in [6.07, 6.45) is 1.81. The molecule has 1 aliphatic heterocycles. The van der Waals surface area contributed by atoms with Crippen LogP contribution in [0.1, 0.15) is 38.2 Å². The Morgan fingerprint density at radius 1 is 1.00 bits per heavy atom. The lowest BCUT2D eigenvalue weighted by atomic mass is 9.81. The molecule has 3 rings (SSSR count). The fourth-order valence-electron chi connectivity index (χ4n) is 4.10. The molecule has 0 amide bonds. The van der Waals surface area contributed by atoms with Gasteiger partial charge in [-0.1, -0.05) is 44.2 Å². The minimum atomic E-state index is -0.906. The van der Waals surface area contributed by atoms with Gasteiger partial charge in [-0.2, -0.15) is 5.26 Å². The van der Waals surface area contributed by atoms with E-state index in [0.717, 1.165) is 12.8 Å². The first-order chi connectivity index (χ1) is 16.9. The summed E-state index contributed by atoms with van der Waals surface area (Å²) >= 11 is 0. The van der Waals surface area contributed by atoms with Gasteiger partial charge in [-0.05, 0) is 42.7 Å². The molecule has 0 saturated heterocycles. The molecule has 1 unspecified atom stereocenters. The number of carbonyl (C=O) groups is 2. The van der Waals surface area contributed by atoms with E-state index in [4.69, 9.17) is 19.9 Å². The maximum absolute atomic E-state index is 13.1. The normalized spacial score (nSPS) is 15.7. The number of esters is 2. The summed E-state index contributed by atoms with van der Waals surface area (Å²) in [5, 5.41) is 10.1. The zero-order valence-electron chi connectivity index (χ0n) is 20.3. The summed E-state index contributed by atoms with van der Waals surface area (Å²) in [5.74, 6) is -1.79. The van der Waals surface area contributed by atoms with Crippen molar-refractivity contribution < 1.29 is 23.8 Å². The van der Waals surface area contributed by atoms with Crippen molar-refractivity contribution in [2.24, 2.45) is 5.73 Å². The van der Waals surface area contributed by atoms with Crippen LogP contribution in [0.4, 0.5) is 5.69 Å². The fourth-order valence-corrected chi connectivity index (χ4v) is 4.10. The number of nitrogens with zero attached hydrogens (tertiary/aromatic N) is 2. The van der Waals surface area contributed by atoms with Crippen LogP contribution >= 0.6 is 0 Å². The van der Waals surface area contributed by atoms with E-state index in [9.17, 15) is 14.9 Å². The number of anilines is 1. The number of carbonyl (C=O) groups excluding carboxylic acids is 2. The van der Waals surface area contributed by atoms with Crippen LogP contribution < -0.4 is 15.4 Å². The molecule has 0 fully saturated rings. The monoisotopic (exact) mass is 475 g/mol. The lowest BCUT2D eigenvalue weighted by molar-refractivity contribution is -0.139. The Balaban J connectivity index is 2.23. The maximum atomic E-state index is 13.1. The van der Waals surface area contributed by atoms with Gasteiger partial charge in [0.15, 0.2) is 0 Å². The number of ether oxygens (including phenoxy) is 3. The molecule has 35 heavy (non-hydrogen) atoms. The molecule has 1 atom stereocenters. The molecule has 0 aliphatic carbocycles. The number of allylic oxidation sites excluding steroid dienone is 1. The van der Waals surface area contributed by atoms with Gasteiger partial charge in [-0.3, -0.25) is 4.90 Å². The highest BCUT2D eigenvalue weighted by Gasteiger charge is 2.42. The van der Waals surface area contributed by atoms with Crippen LogP contribution in [0.2, 0.25) is 0 Å². The van der Waals surface area contributed by atoms with Gasteiger partial charge in [0.2, 0.25) is 0 Å². The first kappa shape index (κ1) is 25.4. The van der Waals surface area contributed by atoms with Crippen molar-refractivity contribution in [3.63, 3.8) is 0 Å². The van der Waals surface area contributed by atoms with Crippen LogP contribution in [-0.4, -0.2) is 32.3 Å². The molecule has 0 saturated carbocycles. The predicted molar refractivity (Wildman–Crippen MR) is 131 cm³/mol. The summed E-state index contributed by atoms with van der Waals surface area (Å²) in [6.45, 7) is 4.10. The molecule has 0 bridgehead atoms. The van der Waals surface area contributed by atoms with Gasteiger partial charge in [0.1, 0.15) is 17.3 Å². The molecule has 2 N–H and O–H groups in total. The molecular weight excluding hydrogens is 446 g/mol. The topological polar surface area (TPSA) is 115 Å². The third kappa shape index (κ3) is 4.99. The highest BCUT2D eigenvalue weighted by molar-refractivity contribution is 6.06. The summed E-state index contributed by atoms with van der Waals surface area (Å²) in [6, 6.07) is 17.9. The second-order valence-electron chi connectivity index (χ2n) is 7.89. The Bertz CT molecular complexity index is 1180. The van der Waals surface area contributed by atoms with Crippen LogP contribution in [0.3, 0.4) is 0 Å². The lowest BCUT2D eigenvalue weighted by Gasteiger charge is -2.36. The number of hydrogen-bond acceptors (Lipinski definition) is 8. The molecule has 0 spiro atoms. The molecule has 8 heteroatoms. The molecule has 1 aliphatic rings.